The molecule has 166 valence electrons. The smallest absolute Gasteiger partial charge is 0.262 e. The minimum absolute atomic E-state index is 0.0304. The van der Waals surface area contributed by atoms with Gasteiger partial charge >= 0.3 is 0 Å². The van der Waals surface area contributed by atoms with Crippen LogP contribution in [0.15, 0.2) is 72.1 Å². The third-order valence-electron chi connectivity index (χ3n) is 5.93. The zero-order chi connectivity index (χ0) is 22.3. The third-order valence-corrected chi connectivity index (χ3v) is 9.36. The van der Waals surface area contributed by atoms with Crippen molar-refractivity contribution in [2.24, 2.45) is 7.05 Å². The molecule has 1 aliphatic rings. The van der Waals surface area contributed by atoms with Gasteiger partial charge in [-0.2, -0.15) is 4.31 Å². The second kappa shape index (κ2) is 8.61. The van der Waals surface area contributed by atoms with Crippen molar-refractivity contribution >= 4 is 43.0 Å². The molecule has 3 heterocycles. The summed E-state index contributed by atoms with van der Waals surface area (Å²) in [5.41, 5.74) is 1.12. The summed E-state index contributed by atoms with van der Waals surface area (Å²) in [7, 11) is -1.90. The number of thiophene rings is 1. The number of rotatable bonds is 6. The van der Waals surface area contributed by atoms with E-state index in [0.717, 1.165) is 25.5 Å². The summed E-state index contributed by atoms with van der Waals surface area (Å²) in [6, 6.07) is 18.1. The number of imidazole rings is 1. The number of hydrogen-bond donors (Lipinski definition) is 1. The van der Waals surface area contributed by atoms with Gasteiger partial charge in [0.1, 0.15) is 0 Å². The SMILES string of the molecule is Cn1cnc(S(=O)(=O)N2CC(NCc3sc4ccccc4c3Cl)C(c3ccccc3)C2)c1. The molecule has 1 aliphatic heterocycles. The third kappa shape index (κ3) is 3.97. The monoisotopic (exact) mass is 486 g/mol. The molecule has 0 aliphatic carbocycles. The Balaban J connectivity index is 1.41. The van der Waals surface area contributed by atoms with Gasteiger partial charge in [0, 0.05) is 59.8 Å². The Hall–Kier alpha value is -2.23. The lowest BCUT2D eigenvalue weighted by Crippen LogP contribution is -2.36. The Labute approximate surface area is 196 Å². The van der Waals surface area contributed by atoms with E-state index in [1.165, 1.54) is 10.6 Å². The van der Waals surface area contributed by atoms with Gasteiger partial charge < -0.3 is 9.88 Å². The quantitative estimate of drug-likeness (QED) is 0.442. The van der Waals surface area contributed by atoms with Crippen LogP contribution in [0.4, 0.5) is 0 Å². The van der Waals surface area contributed by atoms with E-state index in [2.05, 4.69) is 28.5 Å². The van der Waals surface area contributed by atoms with Crippen LogP contribution >= 0.6 is 22.9 Å². The van der Waals surface area contributed by atoms with Gasteiger partial charge in [0.2, 0.25) is 0 Å². The van der Waals surface area contributed by atoms with Gasteiger partial charge in [0.05, 0.1) is 11.3 Å². The first-order valence-corrected chi connectivity index (χ1v) is 13.0. The number of hydrogen-bond acceptors (Lipinski definition) is 5. The van der Waals surface area contributed by atoms with Crippen molar-refractivity contribution in [3.8, 4) is 0 Å². The number of fused-ring (bicyclic) bond motifs is 1. The highest BCUT2D eigenvalue weighted by Gasteiger charge is 2.40. The second-order valence-electron chi connectivity index (χ2n) is 8.04. The van der Waals surface area contributed by atoms with Gasteiger partial charge in [0.15, 0.2) is 5.03 Å². The number of nitrogens with one attached hydrogen (secondary N) is 1. The highest BCUT2D eigenvalue weighted by molar-refractivity contribution is 7.89. The Morgan fingerprint density at radius 2 is 1.88 bits per heavy atom. The summed E-state index contributed by atoms with van der Waals surface area (Å²) in [6.07, 6.45) is 3.06. The minimum Gasteiger partial charge on any atom is -0.339 e. The Morgan fingerprint density at radius 1 is 1.12 bits per heavy atom. The molecule has 5 rings (SSSR count). The Morgan fingerprint density at radius 3 is 2.59 bits per heavy atom. The number of halogens is 1. The van der Waals surface area contributed by atoms with Crippen LogP contribution in [0.3, 0.4) is 0 Å². The molecule has 9 heteroatoms. The van der Waals surface area contributed by atoms with Crippen LogP contribution in [0.1, 0.15) is 16.4 Å². The van der Waals surface area contributed by atoms with E-state index in [0.29, 0.717) is 19.6 Å². The maximum atomic E-state index is 13.2. The maximum Gasteiger partial charge on any atom is 0.262 e. The lowest BCUT2D eigenvalue weighted by atomic mass is 9.94. The zero-order valence-corrected chi connectivity index (χ0v) is 19.9. The summed E-state index contributed by atoms with van der Waals surface area (Å²) in [5, 5.41) is 5.51. The van der Waals surface area contributed by atoms with Gasteiger partial charge in [0.25, 0.3) is 10.0 Å². The standard InChI is InChI=1S/C23H23ClN4O2S2/c1-27-14-22(26-15-27)32(29,30)28-12-18(16-7-3-2-4-8-16)19(13-28)25-11-21-23(24)17-9-5-6-10-20(17)31-21/h2-10,14-15,18-19,25H,11-13H2,1H3. The van der Waals surface area contributed by atoms with E-state index in [9.17, 15) is 8.42 Å². The highest BCUT2D eigenvalue weighted by atomic mass is 35.5. The van der Waals surface area contributed by atoms with Crippen molar-refractivity contribution in [1.82, 2.24) is 19.2 Å². The molecule has 2 unspecified atom stereocenters. The lowest BCUT2D eigenvalue weighted by Gasteiger charge is -2.20. The number of nitrogens with zero attached hydrogens (tertiary/aromatic N) is 3. The largest absolute Gasteiger partial charge is 0.339 e. The fraction of sp³-hybridized carbons (Fsp3) is 0.261. The fourth-order valence-electron chi connectivity index (χ4n) is 4.27. The van der Waals surface area contributed by atoms with Gasteiger partial charge in [-0.05, 0) is 11.6 Å². The predicted octanol–water partition coefficient (Wildman–Crippen LogP) is 4.23. The van der Waals surface area contributed by atoms with Crippen LogP contribution in [0.5, 0.6) is 0 Å². The molecule has 32 heavy (non-hydrogen) atoms. The van der Waals surface area contributed by atoms with Crippen molar-refractivity contribution in [3.63, 3.8) is 0 Å². The maximum absolute atomic E-state index is 13.2. The van der Waals surface area contributed by atoms with Crippen LogP contribution in [0, 0.1) is 0 Å². The molecule has 2 aromatic heterocycles. The molecule has 1 saturated heterocycles. The van der Waals surface area contributed by atoms with Gasteiger partial charge in [-0.25, -0.2) is 13.4 Å². The molecule has 4 aromatic rings. The van der Waals surface area contributed by atoms with Crippen molar-refractivity contribution in [2.45, 2.75) is 23.5 Å². The van der Waals surface area contributed by atoms with Crippen LogP contribution in [0.2, 0.25) is 5.02 Å². The predicted molar refractivity (Wildman–Crippen MR) is 129 cm³/mol. The highest BCUT2D eigenvalue weighted by Crippen LogP contribution is 2.36. The topological polar surface area (TPSA) is 67.2 Å². The van der Waals surface area contributed by atoms with Crippen LogP contribution in [-0.4, -0.2) is 41.4 Å². The van der Waals surface area contributed by atoms with Crippen molar-refractivity contribution in [3.05, 3.63) is 82.6 Å². The number of sulfonamides is 1. The van der Waals surface area contributed by atoms with Crippen LogP contribution in [0.25, 0.3) is 10.1 Å². The number of benzene rings is 2. The number of aryl methyl sites for hydroxylation is 1. The average Bonchev–Trinajstić information content (AvgIpc) is 3.51. The van der Waals surface area contributed by atoms with Gasteiger partial charge in [-0.3, -0.25) is 0 Å². The molecular weight excluding hydrogens is 464 g/mol. The van der Waals surface area contributed by atoms with Gasteiger partial charge in [-0.1, -0.05) is 60.1 Å². The molecule has 1 fully saturated rings. The van der Waals surface area contributed by atoms with Crippen LogP contribution in [-0.2, 0) is 23.6 Å². The molecule has 6 nitrogen and oxygen atoms in total. The minimum atomic E-state index is -3.67. The molecule has 0 amide bonds. The summed E-state index contributed by atoms with van der Waals surface area (Å²) in [6.45, 7) is 1.37. The van der Waals surface area contributed by atoms with Crippen molar-refractivity contribution in [2.75, 3.05) is 13.1 Å². The summed E-state index contributed by atoms with van der Waals surface area (Å²) in [5.74, 6) is 0.0304. The van der Waals surface area contributed by atoms with Crippen LogP contribution < -0.4 is 5.32 Å². The molecule has 0 radical (unpaired) electrons. The first-order chi connectivity index (χ1) is 15.4. The molecule has 0 saturated carbocycles. The van der Waals surface area contributed by atoms with E-state index < -0.39 is 10.0 Å². The Bertz CT molecular complexity index is 1350. The zero-order valence-electron chi connectivity index (χ0n) is 17.5. The first kappa shape index (κ1) is 21.6. The summed E-state index contributed by atoms with van der Waals surface area (Å²) >= 11 is 8.30. The molecule has 2 aromatic carbocycles. The Kier molecular flexibility index (Phi) is 5.81. The van der Waals surface area contributed by atoms with E-state index in [4.69, 9.17) is 11.6 Å². The van der Waals surface area contributed by atoms with Crippen molar-refractivity contribution in [1.29, 1.82) is 0 Å². The van der Waals surface area contributed by atoms with Gasteiger partial charge in [-0.15, -0.1) is 11.3 Å². The van der Waals surface area contributed by atoms with E-state index >= 15 is 0 Å². The molecule has 1 N–H and O–H groups in total. The molecular formula is C23H23ClN4O2S2. The molecule has 2 atom stereocenters. The number of aromatic nitrogens is 2. The van der Waals surface area contributed by atoms with E-state index in [1.807, 2.05) is 36.4 Å². The summed E-state index contributed by atoms with van der Waals surface area (Å²) < 4.78 is 30.8. The fourth-order valence-corrected chi connectivity index (χ4v) is 7.17. The molecule has 0 spiro atoms. The van der Waals surface area contributed by atoms with E-state index in [1.54, 1.807) is 29.1 Å². The first-order valence-electron chi connectivity index (χ1n) is 10.4. The lowest BCUT2D eigenvalue weighted by molar-refractivity contribution is 0.454. The molecule has 0 bridgehead atoms. The van der Waals surface area contributed by atoms with Crippen molar-refractivity contribution < 1.29 is 8.42 Å². The normalized spacial score (nSPS) is 19.7. The van der Waals surface area contributed by atoms with E-state index in [-0.39, 0.29) is 17.0 Å². The average molecular weight is 487 g/mol. The second-order valence-corrected chi connectivity index (χ2v) is 11.4. The summed E-state index contributed by atoms with van der Waals surface area (Å²) in [4.78, 5) is 5.14.